The second-order valence-corrected chi connectivity index (χ2v) is 7.48. The molecule has 0 saturated carbocycles. The lowest BCUT2D eigenvalue weighted by atomic mass is 9.92. The molecule has 0 radical (unpaired) electrons. The van der Waals surface area contributed by atoms with Crippen molar-refractivity contribution in [2.45, 2.75) is 13.8 Å². The highest BCUT2D eigenvalue weighted by molar-refractivity contribution is 7.16. The fraction of sp³-hybridized carbons (Fsp3) is 0.150. The van der Waals surface area contributed by atoms with Crippen molar-refractivity contribution in [3.8, 4) is 0 Å². The summed E-state index contributed by atoms with van der Waals surface area (Å²) < 4.78 is 2.11. The molecule has 0 N–H and O–H groups in total. The van der Waals surface area contributed by atoms with Crippen molar-refractivity contribution in [1.29, 1.82) is 0 Å². The minimum atomic E-state index is -0.0991. The average Bonchev–Trinajstić information content (AvgIpc) is 2.64. The molecular weight excluding hydrogens is 288 g/mol. The molecule has 4 rings (SSSR count). The lowest BCUT2D eigenvalue weighted by Gasteiger charge is -2.12. The molecule has 1 aromatic heterocycles. The minimum Gasteiger partial charge on any atom is -0.289 e. The zero-order chi connectivity index (χ0) is 15.3. The number of hydrogen-bond donors (Lipinski definition) is 0. The minimum absolute atomic E-state index is 0.0991. The summed E-state index contributed by atoms with van der Waals surface area (Å²) >= 11 is 1.69. The van der Waals surface area contributed by atoms with Crippen LogP contribution in [0.1, 0.15) is 13.8 Å². The lowest BCUT2D eigenvalue weighted by Crippen LogP contribution is -2.38. The fourth-order valence-electron chi connectivity index (χ4n) is 2.98. The molecule has 108 valence electrons. The first-order chi connectivity index (χ1) is 10.5. The maximum Gasteiger partial charge on any atom is 0.195 e. The van der Waals surface area contributed by atoms with Gasteiger partial charge in [0.25, 0.3) is 0 Å². The average molecular weight is 304 g/mol. The maximum absolute atomic E-state index is 13.0. The molecule has 0 fully saturated rings. The van der Waals surface area contributed by atoms with Gasteiger partial charge in [0.05, 0.1) is 0 Å². The first-order valence-electron chi connectivity index (χ1n) is 7.42. The molecule has 1 heterocycles. The first kappa shape index (κ1) is 13.5. The van der Waals surface area contributed by atoms with E-state index in [1.54, 1.807) is 11.3 Å². The summed E-state index contributed by atoms with van der Waals surface area (Å²) in [7, 11) is 0. The van der Waals surface area contributed by atoms with E-state index in [9.17, 15) is 4.79 Å². The van der Waals surface area contributed by atoms with Crippen molar-refractivity contribution >= 4 is 44.3 Å². The largest absolute Gasteiger partial charge is 0.289 e. The van der Waals surface area contributed by atoms with Crippen molar-refractivity contribution in [2.75, 3.05) is 0 Å². The van der Waals surface area contributed by atoms with E-state index >= 15 is 0 Å². The second-order valence-electron chi connectivity index (χ2n) is 6.40. The molecule has 22 heavy (non-hydrogen) atoms. The van der Waals surface area contributed by atoms with Gasteiger partial charge < -0.3 is 0 Å². The number of allylic oxidation sites excluding steroid dienone is 2. The van der Waals surface area contributed by atoms with Crippen molar-refractivity contribution < 1.29 is 0 Å². The molecule has 1 nitrogen and oxygen atoms in total. The Hall–Kier alpha value is -2.19. The number of benzene rings is 2. The molecule has 0 atom stereocenters. The Labute approximate surface area is 132 Å². The second kappa shape index (κ2) is 4.65. The molecule has 2 heteroatoms. The van der Waals surface area contributed by atoms with Gasteiger partial charge in [0.1, 0.15) is 0 Å². The van der Waals surface area contributed by atoms with Crippen LogP contribution in [0, 0.1) is 5.41 Å². The molecule has 0 aliphatic heterocycles. The normalized spacial score (nSPS) is 15.9. The van der Waals surface area contributed by atoms with Crippen LogP contribution in [0.5, 0.6) is 0 Å². The molecule has 0 spiro atoms. The van der Waals surface area contributed by atoms with E-state index < -0.39 is 0 Å². The molecule has 0 amide bonds. The molecule has 2 aromatic carbocycles. The van der Waals surface area contributed by atoms with E-state index in [-0.39, 0.29) is 10.8 Å². The summed E-state index contributed by atoms with van der Waals surface area (Å²) in [6, 6.07) is 12.4. The predicted molar refractivity (Wildman–Crippen MR) is 96.7 cm³/mol. The van der Waals surface area contributed by atoms with Crippen LogP contribution in [0.25, 0.3) is 33.0 Å². The van der Waals surface area contributed by atoms with E-state index in [0.717, 1.165) is 25.2 Å². The summed E-state index contributed by atoms with van der Waals surface area (Å²) in [6.45, 7) is 4.25. The smallest absolute Gasteiger partial charge is 0.195 e. The molecule has 1 aliphatic rings. The van der Waals surface area contributed by atoms with Gasteiger partial charge in [-0.2, -0.15) is 0 Å². The maximum atomic E-state index is 13.0. The summed E-state index contributed by atoms with van der Waals surface area (Å²) in [5.74, 6) is 0. The quantitative estimate of drug-likeness (QED) is 0.580. The Balaban J connectivity index is 2.23. The summed E-state index contributed by atoms with van der Waals surface area (Å²) in [6.07, 6.45) is 8.35. The third-order valence-electron chi connectivity index (χ3n) is 4.11. The van der Waals surface area contributed by atoms with Crippen LogP contribution in [0.2, 0.25) is 0 Å². The van der Waals surface area contributed by atoms with E-state index in [1.165, 1.54) is 5.39 Å². The van der Waals surface area contributed by atoms with Crippen molar-refractivity contribution in [2.24, 2.45) is 5.41 Å². The molecule has 0 unspecified atom stereocenters. The van der Waals surface area contributed by atoms with Gasteiger partial charge in [-0.3, -0.25) is 4.79 Å². The van der Waals surface area contributed by atoms with Gasteiger partial charge in [-0.1, -0.05) is 56.3 Å². The SMILES string of the molecule is CC1(C)C=CC=c2sc3cc4ccccc4cc3c(=O)c2=C1. The van der Waals surface area contributed by atoms with Crippen LogP contribution in [0.15, 0.2) is 53.3 Å². The van der Waals surface area contributed by atoms with Crippen molar-refractivity contribution in [3.63, 3.8) is 0 Å². The van der Waals surface area contributed by atoms with Gasteiger partial charge >= 0.3 is 0 Å². The third kappa shape index (κ3) is 2.11. The van der Waals surface area contributed by atoms with Gasteiger partial charge in [-0.15, -0.1) is 11.3 Å². The molecule has 0 bridgehead atoms. The Morgan fingerprint density at radius 3 is 2.55 bits per heavy atom. The number of hydrogen-bond acceptors (Lipinski definition) is 2. The highest BCUT2D eigenvalue weighted by Gasteiger charge is 2.13. The Kier molecular flexibility index (Phi) is 2.85. The summed E-state index contributed by atoms with van der Waals surface area (Å²) in [4.78, 5) is 13.0. The van der Waals surface area contributed by atoms with Gasteiger partial charge in [-0.05, 0) is 29.0 Å². The van der Waals surface area contributed by atoms with Crippen LogP contribution in [-0.2, 0) is 0 Å². The van der Waals surface area contributed by atoms with Crippen LogP contribution in [0.4, 0.5) is 0 Å². The molecule has 3 aromatic rings. The van der Waals surface area contributed by atoms with E-state index in [2.05, 4.69) is 56.4 Å². The standard InChI is InChI=1S/C20H16OS/c1-20(2)9-5-8-17-16(12-20)19(21)15-10-13-6-3-4-7-14(13)11-18(15)22-17/h3-12H,1-2H3. The summed E-state index contributed by atoms with van der Waals surface area (Å²) in [5.41, 5.74) is 0.0422. The highest BCUT2D eigenvalue weighted by Crippen LogP contribution is 2.23. The van der Waals surface area contributed by atoms with E-state index in [1.807, 2.05) is 18.2 Å². The van der Waals surface area contributed by atoms with Crippen molar-refractivity contribution in [3.05, 3.63) is 68.5 Å². The highest BCUT2D eigenvalue weighted by atomic mass is 32.1. The fourth-order valence-corrected chi connectivity index (χ4v) is 4.07. The first-order valence-corrected chi connectivity index (χ1v) is 8.23. The monoisotopic (exact) mass is 304 g/mol. The van der Waals surface area contributed by atoms with Gasteiger partial charge in [0, 0.05) is 25.3 Å². The zero-order valence-electron chi connectivity index (χ0n) is 12.6. The van der Waals surface area contributed by atoms with Crippen molar-refractivity contribution in [1.82, 2.24) is 0 Å². The van der Waals surface area contributed by atoms with E-state index in [4.69, 9.17) is 0 Å². The molecule has 1 aliphatic carbocycles. The molecule has 0 saturated heterocycles. The topological polar surface area (TPSA) is 17.1 Å². The Morgan fingerprint density at radius 1 is 1.05 bits per heavy atom. The zero-order valence-corrected chi connectivity index (χ0v) is 13.4. The van der Waals surface area contributed by atoms with Crippen LogP contribution < -0.4 is 15.2 Å². The Bertz CT molecular complexity index is 1110. The molecular formula is C20H16OS. The van der Waals surface area contributed by atoms with Gasteiger partial charge in [0.15, 0.2) is 5.43 Å². The summed E-state index contributed by atoms with van der Waals surface area (Å²) in [5, 5.41) is 3.96. The number of rotatable bonds is 0. The van der Waals surface area contributed by atoms with Gasteiger partial charge in [0.2, 0.25) is 0 Å². The van der Waals surface area contributed by atoms with E-state index in [0.29, 0.717) is 0 Å². The van der Waals surface area contributed by atoms with Crippen LogP contribution in [-0.4, -0.2) is 0 Å². The van der Waals surface area contributed by atoms with Crippen LogP contribution in [0.3, 0.4) is 0 Å². The number of fused-ring (bicyclic) bond motifs is 3. The third-order valence-corrected chi connectivity index (χ3v) is 5.25. The van der Waals surface area contributed by atoms with Gasteiger partial charge in [-0.25, -0.2) is 0 Å². The predicted octanol–water partition coefficient (Wildman–Crippen LogP) is 3.57. The lowest BCUT2D eigenvalue weighted by molar-refractivity contribution is 0.670. The Morgan fingerprint density at radius 2 is 1.77 bits per heavy atom. The van der Waals surface area contributed by atoms with Crippen LogP contribution >= 0.6 is 11.3 Å².